The number of rotatable bonds is 7. The summed E-state index contributed by atoms with van der Waals surface area (Å²) in [5.41, 5.74) is 0. The average Bonchev–Trinajstić information content (AvgIpc) is 2.77. The molecule has 1 saturated heterocycles. The Balaban J connectivity index is 1.67. The molecular formula is C20H27N5O4S. The van der Waals surface area contributed by atoms with Crippen LogP contribution in [0.2, 0.25) is 0 Å². The second kappa shape index (κ2) is 9.40. The van der Waals surface area contributed by atoms with Gasteiger partial charge in [-0.15, -0.1) is 0 Å². The molecule has 1 N–H and O–H groups in total. The molecule has 1 aromatic carbocycles. The Kier molecular flexibility index (Phi) is 6.88. The van der Waals surface area contributed by atoms with Crippen molar-refractivity contribution in [1.29, 1.82) is 0 Å². The summed E-state index contributed by atoms with van der Waals surface area (Å²) in [6, 6.07) is 6.98. The molecule has 1 aliphatic rings. The zero-order valence-corrected chi connectivity index (χ0v) is 18.2. The number of amides is 1. The van der Waals surface area contributed by atoms with E-state index in [1.807, 2.05) is 18.7 Å². The molecule has 9 nitrogen and oxygen atoms in total. The highest BCUT2D eigenvalue weighted by Gasteiger charge is 2.33. The minimum absolute atomic E-state index is 0.0906. The molecule has 2 heterocycles. The van der Waals surface area contributed by atoms with Gasteiger partial charge in [0.25, 0.3) is 0 Å². The van der Waals surface area contributed by atoms with Gasteiger partial charge in [-0.3, -0.25) is 4.79 Å². The van der Waals surface area contributed by atoms with Crippen LogP contribution >= 0.6 is 0 Å². The number of nitrogens with one attached hydrogen (secondary N) is 1. The SMILES string of the molecule is COc1ccc(S(=O)(=O)N[C@@H](C(=O)N2CCN(c3ncccn3)CC2)C(C)C)cc1. The Morgan fingerprint density at radius 3 is 2.20 bits per heavy atom. The van der Waals surface area contributed by atoms with Crippen LogP contribution in [0, 0.1) is 5.92 Å². The first-order valence-electron chi connectivity index (χ1n) is 9.79. The average molecular weight is 434 g/mol. The van der Waals surface area contributed by atoms with Crippen LogP contribution in [0.15, 0.2) is 47.6 Å². The van der Waals surface area contributed by atoms with Crippen molar-refractivity contribution in [2.45, 2.75) is 24.8 Å². The van der Waals surface area contributed by atoms with E-state index in [0.29, 0.717) is 37.9 Å². The quantitative estimate of drug-likeness (QED) is 0.698. The number of benzene rings is 1. The van der Waals surface area contributed by atoms with Crippen LogP contribution in [-0.4, -0.2) is 68.5 Å². The van der Waals surface area contributed by atoms with Crippen molar-refractivity contribution in [2.24, 2.45) is 5.92 Å². The molecule has 1 aromatic heterocycles. The maximum atomic E-state index is 13.1. The molecule has 162 valence electrons. The minimum atomic E-state index is -3.85. The third-order valence-corrected chi connectivity index (χ3v) is 6.47. The minimum Gasteiger partial charge on any atom is -0.497 e. The van der Waals surface area contributed by atoms with Crippen LogP contribution in [-0.2, 0) is 14.8 Å². The fourth-order valence-electron chi connectivity index (χ4n) is 3.24. The molecular weight excluding hydrogens is 406 g/mol. The van der Waals surface area contributed by atoms with E-state index < -0.39 is 16.1 Å². The lowest BCUT2D eigenvalue weighted by Crippen LogP contribution is -2.56. The maximum Gasteiger partial charge on any atom is 0.241 e. The second-order valence-electron chi connectivity index (χ2n) is 7.38. The van der Waals surface area contributed by atoms with Gasteiger partial charge in [0, 0.05) is 38.6 Å². The lowest BCUT2D eigenvalue weighted by atomic mass is 10.0. The topological polar surface area (TPSA) is 105 Å². The molecule has 10 heteroatoms. The number of anilines is 1. The first kappa shape index (κ1) is 22.0. The number of piperazine rings is 1. The zero-order valence-electron chi connectivity index (χ0n) is 17.4. The number of carbonyl (C=O) groups excluding carboxylic acids is 1. The highest BCUT2D eigenvalue weighted by atomic mass is 32.2. The van der Waals surface area contributed by atoms with Crippen LogP contribution in [0.3, 0.4) is 0 Å². The Morgan fingerprint density at radius 1 is 1.07 bits per heavy atom. The van der Waals surface area contributed by atoms with Crippen LogP contribution in [0.5, 0.6) is 5.75 Å². The van der Waals surface area contributed by atoms with Crippen molar-refractivity contribution in [3.05, 3.63) is 42.7 Å². The normalized spacial score (nSPS) is 15.9. The van der Waals surface area contributed by atoms with Gasteiger partial charge in [-0.2, -0.15) is 4.72 Å². The predicted molar refractivity (Wildman–Crippen MR) is 113 cm³/mol. The number of sulfonamides is 1. The van der Waals surface area contributed by atoms with E-state index in [4.69, 9.17) is 4.74 Å². The van der Waals surface area contributed by atoms with E-state index in [9.17, 15) is 13.2 Å². The Morgan fingerprint density at radius 2 is 1.67 bits per heavy atom. The number of ether oxygens (including phenoxy) is 1. The molecule has 0 radical (unpaired) electrons. The van der Waals surface area contributed by atoms with Crippen molar-refractivity contribution < 1.29 is 17.9 Å². The first-order chi connectivity index (χ1) is 14.3. The van der Waals surface area contributed by atoms with E-state index in [2.05, 4.69) is 14.7 Å². The summed E-state index contributed by atoms with van der Waals surface area (Å²) in [5.74, 6) is 0.757. The highest BCUT2D eigenvalue weighted by Crippen LogP contribution is 2.18. The summed E-state index contributed by atoms with van der Waals surface area (Å²) < 4.78 is 33.3. The van der Waals surface area contributed by atoms with Gasteiger partial charge in [-0.25, -0.2) is 18.4 Å². The van der Waals surface area contributed by atoms with Crippen LogP contribution in [0.25, 0.3) is 0 Å². The molecule has 0 spiro atoms. The predicted octanol–water partition coefficient (Wildman–Crippen LogP) is 1.14. The number of hydrogen-bond acceptors (Lipinski definition) is 7. The fraction of sp³-hybridized carbons (Fsp3) is 0.450. The van der Waals surface area contributed by atoms with Crippen molar-refractivity contribution in [3.8, 4) is 5.75 Å². The molecule has 3 rings (SSSR count). The fourth-order valence-corrected chi connectivity index (χ4v) is 4.58. The van der Waals surface area contributed by atoms with E-state index in [0.717, 1.165) is 0 Å². The van der Waals surface area contributed by atoms with Gasteiger partial charge >= 0.3 is 0 Å². The molecule has 1 aliphatic heterocycles. The van der Waals surface area contributed by atoms with Crippen LogP contribution < -0.4 is 14.4 Å². The number of methoxy groups -OCH3 is 1. The lowest BCUT2D eigenvalue weighted by Gasteiger charge is -2.37. The largest absolute Gasteiger partial charge is 0.497 e. The van der Waals surface area contributed by atoms with Crippen molar-refractivity contribution in [1.82, 2.24) is 19.6 Å². The molecule has 2 aromatic rings. The number of carbonyl (C=O) groups is 1. The summed E-state index contributed by atoms with van der Waals surface area (Å²) in [6.07, 6.45) is 3.37. The van der Waals surface area contributed by atoms with E-state index >= 15 is 0 Å². The van der Waals surface area contributed by atoms with Crippen molar-refractivity contribution in [2.75, 3.05) is 38.2 Å². The Bertz CT molecular complexity index is 943. The molecule has 0 aliphatic carbocycles. The maximum absolute atomic E-state index is 13.1. The van der Waals surface area contributed by atoms with E-state index in [1.165, 1.54) is 19.2 Å². The van der Waals surface area contributed by atoms with Gasteiger partial charge in [-0.1, -0.05) is 13.8 Å². The molecule has 0 saturated carbocycles. The summed E-state index contributed by atoms with van der Waals surface area (Å²) in [6.45, 7) is 5.78. The van der Waals surface area contributed by atoms with Gasteiger partial charge in [0.2, 0.25) is 21.9 Å². The van der Waals surface area contributed by atoms with Gasteiger partial charge in [0.1, 0.15) is 11.8 Å². The third-order valence-electron chi connectivity index (χ3n) is 5.01. The smallest absolute Gasteiger partial charge is 0.241 e. The molecule has 1 amide bonds. The summed E-state index contributed by atoms with van der Waals surface area (Å²) in [7, 11) is -2.34. The lowest BCUT2D eigenvalue weighted by molar-refractivity contribution is -0.134. The molecule has 30 heavy (non-hydrogen) atoms. The molecule has 0 unspecified atom stereocenters. The van der Waals surface area contributed by atoms with Gasteiger partial charge in [0.05, 0.1) is 12.0 Å². The monoisotopic (exact) mass is 433 g/mol. The molecule has 1 fully saturated rings. The summed E-state index contributed by atoms with van der Waals surface area (Å²) in [4.78, 5) is 25.4. The molecule has 1 atom stereocenters. The number of nitrogens with zero attached hydrogens (tertiary/aromatic N) is 4. The van der Waals surface area contributed by atoms with E-state index in [-0.39, 0.29) is 16.7 Å². The molecule has 0 bridgehead atoms. The Hall–Kier alpha value is -2.72. The van der Waals surface area contributed by atoms with Gasteiger partial charge < -0.3 is 14.5 Å². The highest BCUT2D eigenvalue weighted by molar-refractivity contribution is 7.89. The van der Waals surface area contributed by atoms with E-state index in [1.54, 1.807) is 35.5 Å². The number of hydrogen-bond donors (Lipinski definition) is 1. The Labute approximate surface area is 177 Å². The summed E-state index contributed by atoms with van der Waals surface area (Å²) in [5, 5.41) is 0. The van der Waals surface area contributed by atoms with Crippen molar-refractivity contribution >= 4 is 21.9 Å². The third kappa shape index (κ3) is 5.06. The standard InChI is InChI=1S/C20H27N5O4S/c1-15(2)18(23-30(27,28)17-7-5-16(29-3)6-8-17)19(26)24-11-13-25(14-12-24)20-21-9-4-10-22-20/h4-10,15,18,23H,11-14H2,1-3H3/t18-/m1/s1. The summed E-state index contributed by atoms with van der Waals surface area (Å²) >= 11 is 0. The zero-order chi connectivity index (χ0) is 21.7. The van der Waals surface area contributed by atoms with Gasteiger partial charge in [-0.05, 0) is 36.2 Å². The number of aromatic nitrogens is 2. The van der Waals surface area contributed by atoms with Gasteiger partial charge in [0.15, 0.2) is 0 Å². The second-order valence-corrected chi connectivity index (χ2v) is 9.09. The first-order valence-corrected chi connectivity index (χ1v) is 11.3. The van der Waals surface area contributed by atoms with Crippen molar-refractivity contribution in [3.63, 3.8) is 0 Å². The van der Waals surface area contributed by atoms with Crippen LogP contribution in [0.4, 0.5) is 5.95 Å². The van der Waals surface area contributed by atoms with Crippen LogP contribution in [0.1, 0.15) is 13.8 Å².